The number of nitrogens with one attached hydrogen (secondary N) is 1. The van der Waals surface area contributed by atoms with Gasteiger partial charge in [-0.25, -0.2) is 4.79 Å². The molecule has 0 bridgehead atoms. The molecule has 0 atom stereocenters. The smallest absolute Gasteiger partial charge is 0.341 e. The maximum Gasteiger partial charge on any atom is 0.341 e. The molecule has 3 rings (SSSR count). The molecule has 0 fully saturated rings. The molecule has 1 N–H and O–H groups in total. The summed E-state index contributed by atoms with van der Waals surface area (Å²) in [6.45, 7) is 1.96. The van der Waals surface area contributed by atoms with Gasteiger partial charge in [-0.2, -0.15) is 0 Å². The molecule has 0 aliphatic carbocycles. The number of nitro benzene ring substituents is 1. The standard InChI is InChI=1S/C21H18N2O5S/c1-13-4-3-5-15(10-13)17-12-29-20(19(17)21(25)28-2)22-18(24)11-14-6-8-16(9-7-14)23(26)27/h3-10,12H,11H2,1-2H3,(H,22,24). The topological polar surface area (TPSA) is 98.5 Å². The Morgan fingerprint density at radius 1 is 1.17 bits per heavy atom. The third kappa shape index (κ3) is 4.67. The molecular formula is C21H18N2O5S. The first-order valence-electron chi connectivity index (χ1n) is 8.69. The molecule has 0 saturated carbocycles. The summed E-state index contributed by atoms with van der Waals surface area (Å²) in [5.41, 5.74) is 3.49. The number of esters is 1. The van der Waals surface area contributed by atoms with Gasteiger partial charge >= 0.3 is 5.97 Å². The molecule has 148 valence electrons. The Labute approximate surface area is 171 Å². The van der Waals surface area contributed by atoms with Gasteiger partial charge in [0.15, 0.2) is 0 Å². The highest BCUT2D eigenvalue weighted by Crippen LogP contribution is 2.36. The fraction of sp³-hybridized carbons (Fsp3) is 0.143. The van der Waals surface area contributed by atoms with Crippen molar-refractivity contribution in [2.75, 3.05) is 12.4 Å². The molecule has 0 unspecified atom stereocenters. The van der Waals surface area contributed by atoms with E-state index >= 15 is 0 Å². The van der Waals surface area contributed by atoms with Crippen molar-refractivity contribution < 1.29 is 19.2 Å². The van der Waals surface area contributed by atoms with Crippen LogP contribution in [0.4, 0.5) is 10.7 Å². The summed E-state index contributed by atoms with van der Waals surface area (Å²) in [5, 5.41) is 15.7. The predicted molar refractivity (Wildman–Crippen MR) is 111 cm³/mol. The number of ether oxygens (including phenoxy) is 1. The van der Waals surface area contributed by atoms with Gasteiger partial charge in [-0.15, -0.1) is 11.3 Å². The number of anilines is 1. The Morgan fingerprint density at radius 3 is 2.52 bits per heavy atom. The fourth-order valence-electron chi connectivity index (χ4n) is 2.87. The third-order valence-corrected chi connectivity index (χ3v) is 5.17. The van der Waals surface area contributed by atoms with Crippen molar-refractivity contribution in [1.29, 1.82) is 0 Å². The van der Waals surface area contributed by atoms with E-state index in [0.717, 1.165) is 11.1 Å². The van der Waals surface area contributed by atoms with Crippen LogP contribution in [0.2, 0.25) is 0 Å². The second-order valence-corrected chi connectivity index (χ2v) is 7.24. The van der Waals surface area contributed by atoms with Crippen molar-refractivity contribution in [3.8, 4) is 11.1 Å². The van der Waals surface area contributed by atoms with Gasteiger partial charge in [0.1, 0.15) is 10.6 Å². The zero-order valence-corrected chi connectivity index (χ0v) is 16.6. The molecule has 1 heterocycles. The van der Waals surface area contributed by atoms with Gasteiger partial charge in [0.25, 0.3) is 5.69 Å². The molecule has 0 radical (unpaired) electrons. The highest BCUT2D eigenvalue weighted by atomic mass is 32.1. The van der Waals surface area contributed by atoms with E-state index in [1.54, 1.807) is 0 Å². The lowest BCUT2D eigenvalue weighted by molar-refractivity contribution is -0.384. The highest BCUT2D eigenvalue weighted by molar-refractivity contribution is 7.15. The number of carbonyl (C=O) groups excluding carboxylic acids is 2. The first-order chi connectivity index (χ1) is 13.9. The number of methoxy groups -OCH3 is 1. The van der Waals surface area contributed by atoms with Crippen molar-refractivity contribution >= 4 is 33.9 Å². The largest absolute Gasteiger partial charge is 0.465 e. The Kier molecular flexibility index (Phi) is 6.04. The van der Waals surface area contributed by atoms with Gasteiger partial charge in [0, 0.05) is 23.1 Å². The summed E-state index contributed by atoms with van der Waals surface area (Å²) in [7, 11) is 1.29. The second-order valence-electron chi connectivity index (χ2n) is 6.36. The fourth-order valence-corrected chi connectivity index (χ4v) is 3.84. The molecule has 3 aromatic rings. The molecule has 0 aliphatic heterocycles. The summed E-state index contributed by atoms with van der Waals surface area (Å²) < 4.78 is 4.92. The van der Waals surface area contributed by atoms with Gasteiger partial charge in [-0.1, -0.05) is 42.0 Å². The lowest BCUT2D eigenvalue weighted by Gasteiger charge is -2.08. The molecule has 0 spiro atoms. The van der Waals surface area contributed by atoms with E-state index < -0.39 is 10.9 Å². The number of rotatable bonds is 6. The van der Waals surface area contributed by atoms with Crippen LogP contribution in [0.25, 0.3) is 11.1 Å². The van der Waals surface area contributed by atoms with Gasteiger partial charge in [-0.05, 0) is 18.1 Å². The zero-order chi connectivity index (χ0) is 21.0. The monoisotopic (exact) mass is 410 g/mol. The number of benzene rings is 2. The van der Waals surface area contributed by atoms with E-state index in [9.17, 15) is 19.7 Å². The number of non-ortho nitro benzene ring substituents is 1. The molecule has 2 aromatic carbocycles. The van der Waals surface area contributed by atoms with Crippen molar-refractivity contribution in [3.05, 3.63) is 80.7 Å². The number of hydrogen-bond donors (Lipinski definition) is 1. The first kappa shape index (κ1) is 20.2. The van der Waals surface area contributed by atoms with Crippen LogP contribution in [0.15, 0.2) is 53.9 Å². The van der Waals surface area contributed by atoms with E-state index in [1.165, 1.54) is 42.7 Å². The van der Waals surface area contributed by atoms with E-state index in [4.69, 9.17) is 4.74 Å². The summed E-state index contributed by atoms with van der Waals surface area (Å²) in [6, 6.07) is 13.5. The second kappa shape index (κ2) is 8.66. The number of carbonyl (C=O) groups is 2. The predicted octanol–water partition coefficient (Wildman–Crippen LogP) is 4.60. The molecule has 0 saturated heterocycles. The van der Waals surface area contributed by atoms with Crippen molar-refractivity contribution in [3.63, 3.8) is 0 Å². The Morgan fingerprint density at radius 2 is 1.90 bits per heavy atom. The number of nitrogens with zero attached hydrogens (tertiary/aromatic N) is 1. The summed E-state index contributed by atoms with van der Waals surface area (Å²) in [4.78, 5) is 35.1. The maximum atomic E-state index is 12.5. The van der Waals surface area contributed by atoms with Crippen LogP contribution in [0.5, 0.6) is 0 Å². The van der Waals surface area contributed by atoms with Crippen LogP contribution < -0.4 is 5.32 Å². The van der Waals surface area contributed by atoms with Crippen LogP contribution in [-0.4, -0.2) is 23.9 Å². The van der Waals surface area contributed by atoms with E-state index in [0.29, 0.717) is 21.7 Å². The number of amides is 1. The summed E-state index contributed by atoms with van der Waals surface area (Å²) in [6.07, 6.45) is 0.0241. The summed E-state index contributed by atoms with van der Waals surface area (Å²) >= 11 is 1.24. The van der Waals surface area contributed by atoms with Crippen LogP contribution in [-0.2, 0) is 16.0 Å². The molecule has 0 aliphatic rings. The Balaban J connectivity index is 1.84. The van der Waals surface area contributed by atoms with E-state index in [2.05, 4.69) is 5.32 Å². The molecule has 7 nitrogen and oxygen atoms in total. The van der Waals surface area contributed by atoms with Crippen LogP contribution in [0, 0.1) is 17.0 Å². The first-order valence-corrected chi connectivity index (χ1v) is 9.57. The van der Waals surface area contributed by atoms with Crippen molar-refractivity contribution in [1.82, 2.24) is 0 Å². The quantitative estimate of drug-likeness (QED) is 0.364. The highest BCUT2D eigenvalue weighted by Gasteiger charge is 2.22. The van der Waals surface area contributed by atoms with Crippen molar-refractivity contribution in [2.45, 2.75) is 13.3 Å². The molecular weight excluding hydrogens is 392 g/mol. The number of thiophene rings is 1. The minimum absolute atomic E-state index is 0.0241. The van der Waals surface area contributed by atoms with Gasteiger partial charge < -0.3 is 10.1 Å². The van der Waals surface area contributed by atoms with Gasteiger partial charge in [0.2, 0.25) is 5.91 Å². The minimum Gasteiger partial charge on any atom is -0.465 e. The van der Waals surface area contributed by atoms with Crippen molar-refractivity contribution in [2.24, 2.45) is 0 Å². The number of nitro groups is 1. The lowest BCUT2D eigenvalue weighted by Crippen LogP contribution is -2.16. The molecule has 29 heavy (non-hydrogen) atoms. The molecule has 1 aromatic heterocycles. The lowest BCUT2D eigenvalue weighted by atomic mass is 10.0. The van der Waals surface area contributed by atoms with E-state index in [-0.39, 0.29) is 18.0 Å². The SMILES string of the molecule is COC(=O)c1c(-c2cccc(C)c2)csc1NC(=O)Cc1ccc([N+](=O)[O-])cc1. The normalized spacial score (nSPS) is 10.4. The average Bonchev–Trinajstić information content (AvgIpc) is 3.11. The Bertz CT molecular complexity index is 1070. The molecule has 8 heteroatoms. The number of aryl methyl sites for hydroxylation is 1. The van der Waals surface area contributed by atoms with Gasteiger partial charge in [0.05, 0.1) is 18.5 Å². The Hall–Kier alpha value is -3.52. The summed E-state index contributed by atoms with van der Waals surface area (Å²) in [5.74, 6) is -0.866. The maximum absolute atomic E-state index is 12.5. The number of hydrogen-bond acceptors (Lipinski definition) is 6. The van der Waals surface area contributed by atoms with Crippen LogP contribution >= 0.6 is 11.3 Å². The minimum atomic E-state index is -0.534. The zero-order valence-electron chi connectivity index (χ0n) is 15.8. The third-order valence-electron chi connectivity index (χ3n) is 4.27. The van der Waals surface area contributed by atoms with E-state index in [1.807, 2.05) is 36.6 Å². The van der Waals surface area contributed by atoms with Crippen LogP contribution in [0.3, 0.4) is 0 Å². The van der Waals surface area contributed by atoms with Crippen LogP contribution in [0.1, 0.15) is 21.5 Å². The van der Waals surface area contributed by atoms with Gasteiger partial charge in [-0.3, -0.25) is 14.9 Å². The molecule has 1 amide bonds. The average molecular weight is 410 g/mol.